The maximum Gasteiger partial charge on any atom is 0.328 e. The third-order valence-corrected chi connectivity index (χ3v) is 5.72. The molecule has 0 saturated heterocycles. The van der Waals surface area contributed by atoms with Crippen molar-refractivity contribution in [3.05, 3.63) is 99.3 Å². The van der Waals surface area contributed by atoms with Crippen molar-refractivity contribution in [3.8, 4) is 0 Å². The van der Waals surface area contributed by atoms with Gasteiger partial charge in [0.25, 0.3) is 5.91 Å². The van der Waals surface area contributed by atoms with Gasteiger partial charge in [0.05, 0.1) is 22.7 Å². The lowest BCUT2D eigenvalue weighted by Gasteiger charge is -2.19. The van der Waals surface area contributed by atoms with Gasteiger partial charge in [-0.25, -0.2) is 9.18 Å². The van der Waals surface area contributed by atoms with Crippen LogP contribution in [0.5, 0.6) is 0 Å². The van der Waals surface area contributed by atoms with Crippen molar-refractivity contribution in [1.82, 2.24) is 5.32 Å². The fourth-order valence-electron chi connectivity index (χ4n) is 3.09. The van der Waals surface area contributed by atoms with Gasteiger partial charge in [-0.1, -0.05) is 65.8 Å². The molecule has 0 aliphatic heterocycles. The van der Waals surface area contributed by atoms with E-state index in [0.29, 0.717) is 5.69 Å². The van der Waals surface area contributed by atoms with Crippen molar-refractivity contribution in [2.75, 3.05) is 12.4 Å². The molecule has 0 aliphatic carbocycles. The summed E-state index contributed by atoms with van der Waals surface area (Å²) >= 11 is 17.4. The zero-order valence-electron chi connectivity index (χ0n) is 17.4. The minimum absolute atomic E-state index is 0.101. The van der Waals surface area contributed by atoms with E-state index in [2.05, 4.69) is 10.6 Å². The molecule has 0 heterocycles. The number of halogens is 3. The molecule has 3 aromatic carbocycles. The Labute approximate surface area is 205 Å². The standard InChI is InChI=1S/C24H19Cl2FN2O3S/c1-32-24(31)20(29-23(33)16-5-2-3-8-19(16)27)13-14-9-11-15(12-10-14)28-22(30)21-17(25)6-4-7-18(21)26/h2-12,20H,13H2,1H3,(H,28,30)(H,29,33)/t20-/m0/s1. The number of nitrogens with one attached hydrogen (secondary N) is 2. The lowest BCUT2D eigenvalue weighted by atomic mass is 10.0. The summed E-state index contributed by atoms with van der Waals surface area (Å²) in [4.78, 5) is 24.9. The minimum atomic E-state index is -0.829. The summed E-state index contributed by atoms with van der Waals surface area (Å²) in [5, 5.41) is 6.10. The topological polar surface area (TPSA) is 67.4 Å². The summed E-state index contributed by atoms with van der Waals surface area (Å²) in [6.45, 7) is 0. The first-order valence-corrected chi connectivity index (χ1v) is 10.9. The predicted molar refractivity (Wildman–Crippen MR) is 132 cm³/mol. The average molecular weight is 505 g/mol. The molecule has 0 radical (unpaired) electrons. The van der Waals surface area contributed by atoms with Gasteiger partial charge in [-0.3, -0.25) is 4.79 Å². The first kappa shape index (κ1) is 24.6. The third kappa shape index (κ3) is 6.28. The van der Waals surface area contributed by atoms with Crippen LogP contribution in [0.3, 0.4) is 0 Å². The Morgan fingerprint density at radius 3 is 2.24 bits per heavy atom. The summed E-state index contributed by atoms with van der Waals surface area (Å²) in [6.07, 6.45) is 0.228. The van der Waals surface area contributed by atoms with E-state index in [1.807, 2.05) is 0 Å². The van der Waals surface area contributed by atoms with E-state index in [0.717, 1.165) is 5.56 Å². The second-order valence-corrected chi connectivity index (χ2v) is 8.20. The zero-order chi connectivity index (χ0) is 24.0. The number of anilines is 1. The van der Waals surface area contributed by atoms with Crippen molar-refractivity contribution in [2.24, 2.45) is 0 Å². The van der Waals surface area contributed by atoms with Gasteiger partial charge in [0.1, 0.15) is 16.8 Å². The Kier molecular flexibility index (Phi) is 8.38. The zero-order valence-corrected chi connectivity index (χ0v) is 19.7. The summed E-state index contributed by atoms with van der Waals surface area (Å²) in [5.74, 6) is -1.47. The summed E-state index contributed by atoms with van der Waals surface area (Å²) in [5.41, 5.74) is 1.66. The van der Waals surface area contributed by atoms with Crippen molar-refractivity contribution in [3.63, 3.8) is 0 Å². The van der Waals surface area contributed by atoms with Crippen LogP contribution in [-0.4, -0.2) is 30.0 Å². The Hall–Kier alpha value is -3.00. The van der Waals surface area contributed by atoms with Gasteiger partial charge in [-0.15, -0.1) is 0 Å². The Morgan fingerprint density at radius 2 is 1.64 bits per heavy atom. The number of amides is 1. The van der Waals surface area contributed by atoms with E-state index >= 15 is 0 Å². The fraction of sp³-hybridized carbons (Fsp3) is 0.125. The van der Waals surface area contributed by atoms with Crippen LogP contribution >= 0.6 is 35.4 Å². The fourth-order valence-corrected chi connectivity index (χ4v) is 3.96. The van der Waals surface area contributed by atoms with Crippen molar-refractivity contribution in [2.45, 2.75) is 12.5 Å². The normalized spacial score (nSPS) is 11.4. The molecule has 33 heavy (non-hydrogen) atoms. The van der Waals surface area contributed by atoms with Crippen LogP contribution in [0.15, 0.2) is 66.7 Å². The van der Waals surface area contributed by atoms with Crippen LogP contribution in [0.2, 0.25) is 10.0 Å². The molecule has 0 bridgehead atoms. The number of hydrogen-bond acceptors (Lipinski definition) is 4. The molecule has 1 atom stereocenters. The number of carbonyl (C=O) groups is 2. The number of benzene rings is 3. The SMILES string of the molecule is COC(=O)[C@H](Cc1ccc(NC(=O)c2c(Cl)cccc2Cl)cc1)NC(=S)c1ccccc1F. The molecular formula is C24H19Cl2FN2O3S. The number of ether oxygens (including phenoxy) is 1. The van der Waals surface area contributed by atoms with Crippen LogP contribution in [-0.2, 0) is 16.0 Å². The molecule has 0 spiro atoms. The van der Waals surface area contributed by atoms with Crippen LogP contribution in [0, 0.1) is 5.82 Å². The number of thiocarbonyl (C=S) groups is 1. The molecule has 0 fully saturated rings. The lowest BCUT2D eigenvalue weighted by Crippen LogP contribution is -2.42. The van der Waals surface area contributed by atoms with Crippen LogP contribution < -0.4 is 10.6 Å². The summed E-state index contributed by atoms with van der Waals surface area (Å²) in [6, 6.07) is 16.9. The minimum Gasteiger partial charge on any atom is -0.467 e. The first-order valence-electron chi connectivity index (χ1n) is 9.77. The average Bonchev–Trinajstić information content (AvgIpc) is 2.79. The highest BCUT2D eigenvalue weighted by molar-refractivity contribution is 7.80. The number of esters is 1. The van der Waals surface area contributed by atoms with E-state index in [1.54, 1.807) is 54.6 Å². The smallest absolute Gasteiger partial charge is 0.328 e. The number of methoxy groups -OCH3 is 1. The van der Waals surface area contributed by atoms with Gasteiger partial charge in [0.15, 0.2) is 0 Å². The molecule has 9 heteroatoms. The first-order chi connectivity index (χ1) is 15.8. The van der Waals surface area contributed by atoms with Gasteiger partial charge >= 0.3 is 5.97 Å². The van der Waals surface area contributed by atoms with Crippen molar-refractivity contribution < 1.29 is 18.7 Å². The summed E-state index contributed by atoms with van der Waals surface area (Å²) in [7, 11) is 1.27. The van der Waals surface area contributed by atoms with E-state index in [-0.39, 0.29) is 32.6 Å². The van der Waals surface area contributed by atoms with Gasteiger partial charge in [0.2, 0.25) is 0 Å². The molecule has 0 saturated carbocycles. The highest BCUT2D eigenvalue weighted by atomic mass is 35.5. The van der Waals surface area contributed by atoms with E-state index < -0.39 is 23.7 Å². The molecule has 0 unspecified atom stereocenters. The second kappa shape index (κ2) is 11.2. The quantitative estimate of drug-likeness (QED) is 0.331. The second-order valence-electron chi connectivity index (χ2n) is 6.98. The van der Waals surface area contributed by atoms with Crippen LogP contribution in [0.4, 0.5) is 10.1 Å². The molecule has 1 amide bonds. The molecule has 2 N–H and O–H groups in total. The Balaban J connectivity index is 1.70. The number of rotatable bonds is 7. The molecule has 3 aromatic rings. The maximum atomic E-state index is 14.0. The predicted octanol–water partition coefficient (Wildman–Crippen LogP) is 5.43. The van der Waals surface area contributed by atoms with Gasteiger partial charge < -0.3 is 15.4 Å². The highest BCUT2D eigenvalue weighted by Crippen LogP contribution is 2.25. The molecule has 5 nitrogen and oxygen atoms in total. The summed E-state index contributed by atoms with van der Waals surface area (Å²) < 4.78 is 18.9. The monoisotopic (exact) mass is 504 g/mol. The van der Waals surface area contributed by atoms with Gasteiger partial charge in [-0.2, -0.15) is 0 Å². The highest BCUT2D eigenvalue weighted by Gasteiger charge is 2.22. The Morgan fingerprint density at radius 1 is 1.00 bits per heavy atom. The van der Waals surface area contributed by atoms with Crippen molar-refractivity contribution >= 4 is 58.0 Å². The molecule has 3 rings (SSSR count). The Bertz CT molecular complexity index is 1170. The maximum absolute atomic E-state index is 14.0. The van der Waals surface area contributed by atoms with Gasteiger partial charge in [0, 0.05) is 17.7 Å². The van der Waals surface area contributed by atoms with E-state index in [4.69, 9.17) is 40.2 Å². The molecule has 0 aliphatic rings. The van der Waals surface area contributed by atoms with E-state index in [1.165, 1.54) is 19.2 Å². The number of hydrogen-bond donors (Lipinski definition) is 2. The lowest BCUT2D eigenvalue weighted by molar-refractivity contribution is -0.142. The van der Waals surface area contributed by atoms with Gasteiger partial charge in [-0.05, 0) is 42.0 Å². The van der Waals surface area contributed by atoms with Crippen LogP contribution in [0.1, 0.15) is 21.5 Å². The van der Waals surface area contributed by atoms with E-state index in [9.17, 15) is 14.0 Å². The van der Waals surface area contributed by atoms with Crippen molar-refractivity contribution in [1.29, 1.82) is 0 Å². The molecule has 0 aromatic heterocycles. The van der Waals surface area contributed by atoms with Crippen LogP contribution in [0.25, 0.3) is 0 Å². The third-order valence-electron chi connectivity index (χ3n) is 4.75. The molecule has 170 valence electrons. The largest absolute Gasteiger partial charge is 0.467 e. The number of carbonyl (C=O) groups excluding carboxylic acids is 2. The molecular weight excluding hydrogens is 486 g/mol.